The average molecular weight is 263 g/mol. The summed E-state index contributed by atoms with van der Waals surface area (Å²) in [5, 5.41) is 4.22. The van der Waals surface area contributed by atoms with E-state index in [-0.39, 0.29) is 5.41 Å². The van der Waals surface area contributed by atoms with Crippen molar-refractivity contribution in [2.24, 2.45) is 17.1 Å². The van der Waals surface area contributed by atoms with Gasteiger partial charge < -0.3 is 10.3 Å². The molecule has 1 unspecified atom stereocenters. The topological polar surface area (TPSA) is 64.9 Å². The van der Waals surface area contributed by atoms with Crippen LogP contribution in [0.2, 0.25) is 0 Å². The molecule has 2 aliphatic rings. The van der Waals surface area contributed by atoms with Crippen molar-refractivity contribution in [1.29, 1.82) is 0 Å². The highest BCUT2D eigenvalue weighted by Crippen LogP contribution is 2.57. The van der Waals surface area contributed by atoms with Gasteiger partial charge in [-0.05, 0) is 43.4 Å². The van der Waals surface area contributed by atoms with Crippen LogP contribution in [0.25, 0.3) is 0 Å². The maximum Gasteiger partial charge on any atom is 0.234 e. The molecule has 106 valence electrons. The van der Waals surface area contributed by atoms with Gasteiger partial charge in [0.15, 0.2) is 5.82 Å². The van der Waals surface area contributed by atoms with Crippen LogP contribution in [0.3, 0.4) is 0 Å². The predicted molar refractivity (Wildman–Crippen MR) is 73.8 cm³/mol. The second-order valence-corrected chi connectivity index (χ2v) is 7.37. The van der Waals surface area contributed by atoms with Crippen LogP contribution in [0.15, 0.2) is 4.52 Å². The van der Waals surface area contributed by atoms with E-state index in [4.69, 9.17) is 15.2 Å². The van der Waals surface area contributed by atoms with Crippen LogP contribution >= 0.6 is 0 Å². The van der Waals surface area contributed by atoms with E-state index < -0.39 is 0 Å². The molecule has 0 bridgehead atoms. The molecule has 0 saturated heterocycles. The van der Waals surface area contributed by atoms with E-state index in [0.717, 1.165) is 30.5 Å². The molecule has 2 N–H and O–H groups in total. The fraction of sp³-hybridized carbons (Fsp3) is 0.867. The Morgan fingerprint density at radius 2 is 1.95 bits per heavy atom. The first-order chi connectivity index (χ1) is 8.97. The molecule has 2 aliphatic carbocycles. The summed E-state index contributed by atoms with van der Waals surface area (Å²) in [6, 6.07) is 0. The molecule has 19 heavy (non-hydrogen) atoms. The summed E-state index contributed by atoms with van der Waals surface area (Å²) < 4.78 is 5.59. The lowest BCUT2D eigenvalue weighted by molar-refractivity contribution is 0.191. The van der Waals surface area contributed by atoms with Crippen LogP contribution in [-0.2, 0) is 5.41 Å². The van der Waals surface area contributed by atoms with Crippen LogP contribution in [0, 0.1) is 11.3 Å². The minimum Gasteiger partial charge on any atom is -0.339 e. The number of rotatable bonds is 3. The lowest BCUT2D eigenvalue weighted by Crippen LogP contribution is -2.39. The van der Waals surface area contributed by atoms with Gasteiger partial charge >= 0.3 is 0 Å². The fourth-order valence-corrected chi connectivity index (χ4v) is 3.32. The van der Waals surface area contributed by atoms with Gasteiger partial charge in [0.05, 0.1) is 5.41 Å². The molecule has 0 amide bonds. The summed E-state index contributed by atoms with van der Waals surface area (Å²) in [5.74, 6) is 2.96. The van der Waals surface area contributed by atoms with E-state index in [1.807, 2.05) is 0 Å². The predicted octanol–water partition coefficient (Wildman–Crippen LogP) is 2.99. The first-order valence-electron chi connectivity index (χ1n) is 7.51. The van der Waals surface area contributed by atoms with Crippen molar-refractivity contribution in [3.05, 3.63) is 11.7 Å². The standard InChI is InChI=1S/C15H25N3O/c1-10-4-6-15(9-16,7-5-10)13-17-12(18-19-13)11-8-14(11,2)3/h10-11H,4-9,16H2,1-3H3. The van der Waals surface area contributed by atoms with Crippen LogP contribution in [0.1, 0.15) is 70.5 Å². The number of nitrogens with zero attached hydrogens (tertiary/aromatic N) is 2. The Morgan fingerprint density at radius 3 is 2.47 bits per heavy atom. The molecule has 4 nitrogen and oxygen atoms in total. The van der Waals surface area contributed by atoms with Gasteiger partial charge in [-0.25, -0.2) is 0 Å². The second kappa shape index (κ2) is 4.30. The van der Waals surface area contributed by atoms with Crippen molar-refractivity contribution in [3.8, 4) is 0 Å². The zero-order valence-corrected chi connectivity index (χ0v) is 12.3. The molecular formula is C15H25N3O. The molecule has 0 aliphatic heterocycles. The van der Waals surface area contributed by atoms with Crippen molar-refractivity contribution in [2.45, 2.75) is 64.2 Å². The number of hydrogen-bond acceptors (Lipinski definition) is 4. The van der Waals surface area contributed by atoms with Gasteiger partial charge in [-0.2, -0.15) is 4.98 Å². The quantitative estimate of drug-likeness (QED) is 0.910. The minimum atomic E-state index is -0.0587. The molecule has 2 fully saturated rings. The van der Waals surface area contributed by atoms with E-state index in [9.17, 15) is 0 Å². The number of nitrogens with two attached hydrogens (primary N) is 1. The molecule has 1 atom stereocenters. The first-order valence-corrected chi connectivity index (χ1v) is 7.51. The zero-order chi connectivity index (χ0) is 13.7. The highest BCUT2D eigenvalue weighted by Gasteiger charge is 2.50. The second-order valence-electron chi connectivity index (χ2n) is 7.37. The molecule has 4 heteroatoms. The van der Waals surface area contributed by atoms with E-state index in [1.54, 1.807) is 0 Å². The third-order valence-corrected chi connectivity index (χ3v) is 5.34. The van der Waals surface area contributed by atoms with Crippen LogP contribution in [0.4, 0.5) is 0 Å². The van der Waals surface area contributed by atoms with Crippen molar-refractivity contribution in [1.82, 2.24) is 10.1 Å². The monoisotopic (exact) mass is 263 g/mol. The van der Waals surface area contributed by atoms with Crippen molar-refractivity contribution in [2.75, 3.05) is 6.54 Å². The Bertz CT molecular complexity index is 458. The molecule has 1 aromatic heterocycles. The Hall–Kier alpha value is -0.900. The van der Waals surface area contributed by atoms with Crippen LogP contribution in [0.5, 0.6) is 0 Å². The summed E-state index contributed by atoms with van der Waals surface area (Å²) in [7, 11) is 0. The highest BCUT2D eigenvalue weighted by molar-refractivity contribution is 5.17. The molecule has 1 aromatic rings. The highest BCUT2D eigenvalue weighted by atomic mass is 16.5. The number of aromatic nitrogens is 2. The molecular weight excluding hydrogens is 238 g/mol. The lowest BCUT2D eigenvalue weighted by atomic mass is 9.71. The van der Waals surface area contributed by atoms with Gasteiger partial charge in [0.1, 0.15) is 0 Å². The maximum absolute atomic E-state index is 6.04. The van der Waals surface area contributed by atoms with E-state index >= 15 is 0 Å². The van der Waals surface area contributed by atoms with Crippen molar-refractivity contribution < 1.29 is 4.52 Å². The summed E-state index contributed by atoms with van der Waals surface area (Å²) in [6.45, 7) is 7.45. The van der Waals surface area contributed by atoms with Gasteiger partial charge in [-0.1, -0.05) is 25.9 Å². The SMILES string of the molecule is CC1CCC(CN)(c2nc(C3CC3(C)C)no2)CC1. The lowest BCUT2D eigenvalue weighted by Gasteiger charge is -2.35. The number of hydrogen-bond donors (Lipinski definition) is 1. The molecule has 2 saturated carbocycles. The molecule has 0 aromatic carbocycles. The minimum absolute atomic E-state index is 0.0587. The van der Waals surface area contributed by atoms with Gasteiger partial charge in [-0.15, -0.1) is 0 Å². The third-order valence-electron chi connectivity index (χ3n) is 5.34. The van der Waals surface area contributed by atoms with E-state index in [1.165, 1.54) is 19.3 Å². The van der Waals surface area contributed by atoms with Crippen LogP contribution < -0.4 is 5.73 Å². The normalized spacial score (nSPS) is 37.3. The molecule has 1 heterocycles. The Labute approximate surface area is 115 Å². The third kappa shape index (κ3) is 2.20. The van der Waals surface area contributed by atoms with E-state index in [2.05, 4.69) is 25.9 Å². The van der Waals surface area contributed by atoms with Gasteiger partial charge in [0, 0.05) is 12.5 Å². The largest absolute Gasteiger partial charge is 0.339 e. The first kappa shape index (κ1) is 13.1. The Morgan fingerprint density at radius 1 is 1.32 bits per heavy atom. The zero-order valence-electron chi connectivity index (χ0n) is 12.3. The fourth-order valence-electron chi connectivity index (χ4n) is 3.32. The van der Waals surface area contributed by atoms with Gasteiger partial charge in [0.2, 0.25) is 5.89 Å². The van der Waals surface area contributed by atoms with E-state index in [0.29, 0.717) is 17.9 Å². The summed E-state index contributed by atoms with van der Waals surface area (Å²) in [4.78, 5) is 4.70. The van der Waals surface area contributed by atoms with Crippen molar-refractivity contribution >= 4 is 0 Å². The average Bonchev–Trinajstić information content (AvgIpc) is 2.82. The summed E-state index contributed by atoms with van der Waals surface area (Å²) in [5.41, 5.74) is 6.33. The van der Waals surface area contributed by atoms with Crippen LogP contribution in [-0.4, -0.2) is 16.7 Å². The molecule has 0 radical (unpaired) electrons. The summed E-state index contributed by atoms with van der Waals surface area (Å²) in [6.07, 6.45) is 5.76. The smallest absolute Gasteiger partial charge is 0.234 e. The Balaban J connectivity index is 1.81. The van der Waals surface area contributed by atoms with Gasteiger partial charge in [0.25, 0.3) is 0 Å². The summed E-state index contributed by atoms with van der Waals surface area (Å²) >= 11 is 0. The van der Waals surface area contributed by atoms with Crippen molar-refractivity contribution in [3.63, 3.8) is 0 Å². The maximum atomic E-state index is 6.04. The molecule has 0 spiro atoms. The molecule has 3 rings (SSSR count). The van der Waals surface area contributed by atoms with Gasteiger partial charge in [-0.3, -0.25) is 0 Å². The Kier molecular flexibility index (Phi) is 2.97.